The van der Waals surface area contributed by atoms with Crippen LogP contribution in [0.5, 0.6) is 0 Å². The topological polar surface area (TPSA) is 55.8 Å². The molecule has 19 heavy (non-hydrogen) atoms. The highest BCUT2D eigenvalue weighted by molar-refractivity contribution is 5.89. The van der Waals surface area contributed by atoms with E-state index < -0.39 is 0 Å². The molecule has 4 heteroatoms. The van der Waals surface area contributed by atoms with Crippen LogP contribution in [0, 0.1) is 0 Å². The van der Waals surface area contributed by atoms with Crippen LogP contribution in [-0.4, -0.2) is 37.5 Å². The van der Waals surface area contributed by atoms with Gasteiger partial charge in [0, 0.05) is 13.0 Å². The third-order valence-electron chi connectivity index (χ3n) is 3.86. The number of hydrogen-bond donors (Lipinski definition) is 1. The Morgan fingerprint density at radius 2 is 1.89 bits per heavy atom. The van der Waals surface area contributed by atoms with Crippen molar-refractivity contribution < 1.29 is 19.4 Å². The quantitative estimate of drug-likeness (QED) is 0.850. The first-order chi connectivity index (χ1) is 9.15. The Balaban J connectivity index is 2.14. The number of carbonyl (C=O) groups is 1. The van der Waals surface area contributed by atoms with E-state index in [1.54, 1.807) is 19.2 Å². The van der Waals surface area contributed by atoms with Crippen molar-refractivity contribution >= 4 is 5.97 Å². The molecule has 0 heterocycles. The molecule has 0 radical (unpaired) electrons. The van der Waals surface area contributed by atoms with E-state index in [2.05, 4.69) is 4.74 Å². The van der Waals surface area contributed by atoms with E-state index in [0.29, 0.717) is 5.56 Å². The normalized spacial score (nSPS) is 27.0. The minimum atomic E-state index is -0.342. The lowest BCUT2D eigenvalue weighted by Crippen LogP contribution is -2.31. The van der Waals surface area contributed by atoms with E-state index in [1.807, 2.05) is 12.1 Å². The van der Waals surface area contributed by atoms with Crippen LogP contribution in [0.25, 0.3) is 0 Å². The highest BCUT2D eigenvalue weighted by Crippen LogP contribution is 2.34. The summed E-state index contributed by atoms with van der Waals surface area (Å²) in [6.07, 6.45) is 2.33. The Labute approximate surface area is 113 Å². The highest BCUT2D eigenvalue weighted by Gasteiger charge is 2.30. The molecular weight excluding hydrogens is 244 g/mol. The Hall–Kier alpha value is -1.39. The van der Waals surface area contributed by atoms with Gasteiger partial charge in [-0.3, -0.25) is 0 Å². The fourth-order valence-corrected chi connectivity index (χ4v) is 2.67. The molecule has 1 N–H and O–H groups in total. The average Bonchev–Trinajstić information content (AvgIpc) is 2.47. The number of benzene rings is 1. The molecule has 1 fully saturated rings. The Morgan fingerprint density at radius 1 is 1.21 bits per heavy atom. The lowest BCUT2D eigenvalue weighted by molar-refractivity contribution is 0.00981. The van der Waals surface area contributed by atoms with Crippen molar-refractivity contribution in [1.82, 2.24) is 0 Å². The number of esters is 1. The van der Waals surface area contributed by atoms with E-state index in [9.17, 15) is 9.90 Å². The molecule has 1 aliphatic rings. The van der Waals surface area contributed by atoms with Crippen molar-refractivity contribution in [2.45, 2.75) is 37.4 Å². The molecule has 4 nitrogen and oxygen atoms in total. The molecule has 0 spiro atoms. The van der Waals surface area contributed by atoms with Gasteiger partial charge in [0.1, 0.15) is 0 Å². The monoisotopic (exact) mass is 264 g/mol. The number of aliphatic hydroxyl groups is 1. The number of ether oxygens (including phenoxy) is 2. The zero-order chi connectivity index (χ0) is 13.8. The first kappa shape index (κ1) is 14.0. The Morgan fingerprint density at radius 3 is 2.47 bits per heavy atom. The van der Waals surface area contributed by atoms with Gasteiger partial charge in [-0.2, -0.15) is 0 Å². The second-order valence-electron chi connectivity index (χ2n) is 4.96. The van der Waals surface area contributed by atoms with Crippen molar-refractivity contribution in [3.63, 3.8) is 0 Å². The molecule has 3 atom stereocenters. The third kappa shape index (κ3) is 3.14. The summed E-state index contributed by atoms with van der Waals surface area (Å²) in [5.41, 5.74) is 1.57. The summed E-state index contributed by atoms with van der Waals surface area (Å²) in [6.45, 7) is 0. The molecule has 0 amide bonds. The van der Waals surface area contributed by atoms with Crippen LogP contribution < -0.4 is 0 Å². The van der Waals surface area contributed by atoms with Gasteiger partial charge in [-0.25, -0.2) is 4.79 Å². The largest absolute Gasteiger partial charge is 0.465 e. The number of carbonyl (C=O) groups excluding carboxylic acids is 1. The van der Waals surface area contributed by atoms with Crippen LogP contribution >= 0.6 is 0 Å². The highest BCUT2D eigenvalue weighted by atomic mass is 16.5. The second kappa shape index (κ2) is 6.17. The van der Waals surface area contributed by atoms with E-state index in [-0.39, 0.29) is 24.1 Å². The SMILES string of the molecule is COC(=O)c1ccc([C@@H]2C[C@H](OC)CC[C@@H]2O)cc1. The maximum Gasteiger partial charge on any atom is 0.337 e. The molecule has 0 unspecified atom stereocenters. The smallest absolute Gasteiger partial charge is 0.337 e. The zero-order valence-corrected chi connectivity index (χ0v) is 11.3. The number of hydrogen-bond acceptors (Lipinski definition) is 4. The maximum atomic E-state index is 11.4. The van der Waals surface area contributed by atoms with E-state index in [1.165, 1.54) is 7.11 Å². The minimum absolute atomic E-state index is 0.0744. The first-order valence-corrected chi connectivity index (χ1v) is 6.55. The van der Waals surface area contributed by atoms with Gasteiger partial charge >= 0.3 is 5.97 Å². The Kier molecular flexibility index (Phi) is 4.56. The zero-order valence-electron chi connectivity index (χ0n) is 11.3. The summed E-state index contributed by atoms with van der Waals surface area (Å²) in [5, 5.41) is 10.1. The fraction of sp³-hybridized carbons (Fsp3) is 0.533. The molecule has 0 bridgehead atoms. The van der Waals surface area contributed by atoms with Gasteiger partial charge in [-0.1, -0.05) is 12.1 Å². The van der Waals surface area contributed by atoms with Crippen LogP contribution in [0.1, 0.15) is 41.1 Å². The standard InChI is InChI=1S/C15H20O4/c1-18-12-7-8-14(16)13(9-12)10-3-5-11(6-4-10)15(17)19-2/h3-6,12-14,16H,7-9H2,1-2H3/t12-,13+,14+/m1/s1. The summed E-state index contributed by atoms with van der Waals surface area (Å²) in [7, 11) is 3.07. The molecule has 0 saturated heterocycles. The van der Waals surface area contributed by atoms with Crippen LogP contribution in [0.2, 0.25) is 0 Å². The molecule has 0 aliphatic heterocycles. The summed E-state index contributed by atoms with van der Waals surface area (Å²) in [6, 6.07) is 7.25. The Bertz CT molecular complexity index is 426. The predicted molar refractivity (Wildman–Crippen MR) is 71.2 cm³/mol. The van der Waals surface area contributed by atoms with Crippen molar-refractivity contribution in [3.05, 3.63) is 35.4 Å². The minimum Gasteiger partial charge on any atom is -0.465 e. The van der Waals surface area contributed by atoms with Gasteiger partial charge in [0.25, 0.3) is 0 Å². The summed E-state index contributed by atoms with van der Waals surface area (Å²) in [4.78, 5) is 11.4. The fourth-order valence-electron chi connectivity index (χ4n) is 2.67. The summed E-state index contributed by atoms with van der Waals surface area (Å²) in [5.74, 6) is -0.268. The van der Waals surface area contributed by atoms with Gasteiger partial charge in [0.2, 0.25) is 0 Å². The predicted octanol–water partition coefficient (Wildman–Crippen LogP) is 2.12. The number of aliphatic hydroxyl groups excluding tert-OH is 1. The molecule has 1 saturated carbocycles. The van der Waals surface area contributed by atoms with Crippen LogP contribution in [0.15, 0.2) is 24.3 Å². The van der Waals surface area contributed by atoms with Crippen LogP contribution in [-0.2, 0) is 9.47 Å². The van der Waals surface area contributed by atoms with Crippen LogP contribution in [0.3, 0.4) is 0 Å². The first-order valence-electron chi connectivity index (χ1n) is 6.55. The van der Waals surface area contributed by atoms with Crippen molar-refractivity contribution in [2.24, 2.45) is 0 Å². The van der Waals surface area contributed by atoms with E-state index in [0.717, 1.165) is 24.8 Å². The molecular formula is C15H20O4. The van der Waals surface area contributed by atoms with Gasteiger partial charge in [0.15, 0.2) is 0 Å². The molecule has 2 rings (SSSR count). The lowest BCUT2D eigenvalue weighted by Gasteiger charge is -2.32. The van der Waals surface area contributed by atoms with E-state index in [4.69, 9.17) is 4.74 Å². The van der Waals surface area contributed by atoms with Gasteiger partial charge in [-0.15, -0.1) is 0 Å². The van der Waals surface area contributed by atoms with E-state index >= 15 is 0 Å². The maximum absolute atomic E-state index is 11.4. The van der Waals surface area contributed by atoms with Gasteiger partial charge in [-0.05, 0) is 37.0 Å². The summed E-state index contributed by atoms with van der Waals surface area (Å²) < 4.78 is 10.1. The average molecular weight is 264 g/mol. The molecule has 0 aromatic heterocycles. The second-order valence-corrected chi connectivity index (χ2v) is 4.96. The molecule has 104 valence electrons. The molecule has 1 aromatic carbocycles. The molecule has 1 aromatic rings. The summed E-state index contributed by atoms with van der Waals surface area (Å²) >= 11 is 0. The third-order valence-corrected chi connectivity index (χ3v) is 3.86. The lowest BCUT2D eigenvalue weighted by atomic mass is 9.80. The van der Waals surface area contributed by atoms with Crippen LogP contribution in [0.4, 0.5) is 0 Å². The van der Waals surface area contributed by atoms with Gasteiger partial charge in [0.05, 0.1) is 24.9 Å². The van der Waals surface area contributed by atoms with Crippen molar-refractivity contribution in [3.8, 4) is 0 Å². The van der Waals surface area contributed by atoms with Crippen molar-refractivity contribution in [2.75, 3.05) is 14.2 Å². The van der Waals surface area contributed by atoms with Gasteiger partial charge < -0.3 is 14.6 Å². The molecule has 1 aliphatic carbocycles. The number of rotatable bonds is 3. The van der Waals surface area contributed by atoms with Crippen molar-refractivity contribution in [1.29, 1.82) is 0 Å². The number of methoxy groups -OCH3 is 2.